The molecular formula is C42H52N5O7P. The Hall–Kier alpha value is -4.34. The maximum Gasteiger partial charge on any atom is 0.351 e. The Morgan fingerprint density at radius 3 is 2.07 bits per heavy atom. The van der Waals surface area contributed by atoms with Gasteiger partial charge in [0.25, 0.3) is 8.53 Å². The van der Waals surface area contributed by atoms with Crippen LogP contribution in [0.2, 0.25) is 0 Å². The van der Waals surface area contributed by atoms with Gasteiger partial charge in [-0.25, -0.2) is 9.46 Å². The lowest BCUT2D eigenvalue weighted by molar-refractivity contribution is -0.211. The first kappa shape index (κ1) is 40.3. The molecule has 1 saturated carbocycles. The summed E-state index contributed by atoms with van der Waals surface area (Å²) in [6, 6.07) is 29.8. The van der Waals surface area contributed by atoms with Gasteiger partial charge in [0.1, 0.15) is 34.6 Å². The van der Waals surface area contributed by atoms with E-state index in [0.717, 1.165) is 16.7 Å². The molecule has 2 fully saturated rings. The fourth-order valence-corrected chi connectivity index (χ4v) is 10.1. The van der Waals surface area contributed by atoms with Crippen LogP contribution in [0.5, 0.6) is 11.5 Å². The number of benzene rings is 3. The summed E-state index contributed by atoms with van der Waals surface area (Å²) in [5.41, 5.74) is 4.75. The van der Waals surface area contributed by atoms with Gasteiger partial charge in [-0.05, 0) is 94.5 Å². The molecule has 0 spiro atoms. The van der Waals surface area contributed by atoms with Gasteiger partial charge in [-0.15, -0.1) is 0 Å². The second kappa shape index (κ2) is 16.8. The summed E-state index contributed by atoms with van der Waals surface area (Å²) in [5.74, 6) is 1.27. The first-order valence-corrected chi connectivity index (χ1v) is 19.8. The van der Waals surface area contributed by atoms with Gasteiger partial charge in [0.05, 0.1) is 39.9 Å². The molecule has 6 rings (SSSR count). The number of rotatable bonds is 17. The average Bonchev–Trinajstić information content (AvgIpc) is 3.64. The molecule has 1 aromatic heterocycles. The van der Waals surface area contributed by atoms with Gasteiger partial charge >= 0.3 is 5.69 Å². The lowest BCUT2D eigenvalue weighted by Crippen LogP contribution is -2.50. The van der Waals surface area contributed by atoms with Crippen LogP contribution in [0, 0.1) is 17.2 Å². The van der Waals surface area contributed by atoms with Crippen LogP contribution in [0.25, 0.3) is 0 Å². The predicted molar refractivity (Wildman–Crippen MR) is 211 cm³/mol. The molecule has 5 atom stereocenters. The zero-order valence-electron chi connectivity index (χ0n) is 32.7. The highest BCUT2D eigenvalue weighted by Gasteiger charge is 2.68. The van der Waals surface area contributed by atoms with E-state index in [0.29, 0.717) is 24.3 Å². The number of hydrogen-bond donors (Lipinski definition) is 1. The minimum absolute atomic E-state index is 0.0755. The van der Waals surface area contributed by atoms with Crippen molar-refractivity contribution in [1.82, 2.24) is 14.2 Å². The van der Waals surface area contributed by atoms with Gasteiger partial charge in [-0.2, -0.15) is 10.2 Å². The van der Waals surface area contributed by atoms with Crippen LogP contribution in [0.15, 0.2) is 95.9 Å². The van der Waals surface area contributed by atoms with E-state index in [4.69, 9.17) is 33.7 Å². The van der Waals surface area contributed by atoms with Crippen molar-refractivity contribution in [1.29, 1.82) is 5.26 Å². The SMILES string of the molecule is COc1ccc(C(OC[C@]23CC[C@H]([C@@H]2OP(OCCC#N)N(C(C)C)C(C)C)[C@](C)(n2ccc(N)nc2=O)O3)(c2ccccc2)c2ccc(OC)cc2)cc1. The smallest absolute Gasteiger partial charge is 0.351 e. The second-order valence-corrected chi connectivity index (χ2v) is 16.1. The monoisotopic (exact) mass is 769 g/mol. The quantitative estimate of drug-likeness (QED) is 0.0654. The van der Waals surface area contributed by atoms with Crippen molar-refractivity contribution >= 4 is 14.3 Å². The zero-order valence-corrected chi connectivity index (χ0v) is 33.6. The molecule has 2 bridgehead atoms. The Morgan fingerprint density at radius 1 is 0.964 bits per heavy atom. The van der Waals surface area contributed by atoms with E-state index < -0.39 is 37.2 Å². The Morgan fingerprint density at radius 2 is 1.55 bits per heavy atom. The van der Waals surface area contributed by atoms with Crippen molar-refractivity contribution in [3.63, 3.8) is 0 Å². The number of ether oxygens (including phenoxy) is 4. The Balaban J connectivity index is 1.51. The predicted octanol–water partition coefficient (Wildman–Crippen LogP) is 7.36. The molecule has 3 aromatic carbocycles. The van der Waals surface area contributed by atoms with Gasteiger partial charge in [-0.1, -0.05) is 54.6 Å². The molecule has 1 saturated heterocycles. The maximum atomic E-state index is 13.5. The van der Waals surface area contributed by atoms with E-state index in [1.54, 1.807) is 26.5 Å². The third-order valence-electron chi connectivity index (χ3n) is 10.7. The van der Waals surface area contributed by atoms with E-state index in [9.17, 15) is 10.1 Å². The van der Waals surface area contributed by atoms with Gasteiger partial charge in [0, 0.05) is 24.2 Å². The number of methoxy groups -OCH3 is 2. The van der Waals surface area contributed by atoms with Crippen LogP contribution in [0.3, 0.4) is 0 Å². The van der Waals surface area contributed by atoms with Crippen molar-refractivity contribution in [2.24, 2.45) is 5.92 Å². The van der Waals surface area contributed by atoms with Crippen LogP contribution in [0.4, 0.5) is 5.82 Å². The van der Waals surface area contributed by atoms with Crippen LogP contribution in [0.1, 0.15) is 70.6 Å². The molecule has 1 unspecified atom stereocenters. The van der Waals surface area contributed by atoms with Crippen molar-refractivity contribution in [3.8, 4) is 17.6 Å². The van der Waals surface area contributed by atoms with Gasteiger partial charge in [0.15, 0.2) is 5.72 Å². The highest BCUT2D eigenvalue weighted by atomic mass is 31.2. The zero-order chi connectivity index (χ0) is 39.4. The van der Waals surface area contributed by atoms with Gasteiger partial charge < -0.3 is 33.7 Å². The maximum absolute atomic E-state index is 13.5. The summed E-state index contributed by atoms with van der Waals surface area (Å²) < 4.78 is 43.2. The number of aromatic nitrogens is 2. The fourth-order valence-electron chi connectivity index (χ4n) is 8.24. The minimum Gasteiger partial charge on any atom is -0.497 e. The second-order valence-electron chi connectivity index (χ2n) is 14.7. The Bertz CT molecular complexity index is 1930. The normalized spacial score (nSPS) is 22.6. The van der Waals surface area contributed by atoms with Crippen molar-refractivity contribution in [2.45, 2.75) is 89.0 Å². The highest BCUT2D eigenvalue weighted by Crippen LogP contribution is 2.62. The van der Waals surface area contributed by atoms with Crippen LogP contribution in [-0.4, -0.2) is 65.4 Å². The molecule has 55 heavy (non-hydrogen) atoms. The number of fused-ring (bicyclic) bond motifs is 2. The number of nitrogens with two attached hydrogens (primary N) is 1. The number of hydrogen-bond acceptors (Lipinski definition) is 11. The molecule has 2 N–H and O–H groups in total. The van der Waals surface area contributed by atoms with Crippen molar-refractivity contribution < 1.29 is 28.0 Å². The number of nitriles is 1. The molecule has 0 amide bonds. The average molecular weight is 770 g/mol. The molecule has 2 aliphatic rings. The summed E-state index contributed by atoms with van der Waals surface area (Å²) in [6.45, 7) is 10.6. The van der Waals surface area contributed by atoms with E-state index in [1.165, 1.54) is 4.57 Å². The number of nitrogen functional groups attached to an aromatic ring is 1. The third-order valence-corrected chi connectivity index (χ3v) is 12.8. The van der Waals surface area contributed by atoms with Crippen molar-refractivity contribution in [3.05, 3.63) is 118 Å². The molecular weight excluding hydrogens is 717 g/mol. The molecule has 1 aliphatic carbocycles. The molecule has 0 radical (unpaired) electrons. The van der Waals surface area contributed by atoms with Gasteiger partial charge in [-0.3, -0.25) is 4.57 Å². The molecule has 292 valence electrons. The third kappa shape index (κ3) is 7.75. The number of nitrogens with zero attached hydrogens (tertiary/aromatic N) is 4. The Kier molecular flexibility index (Phi) is 12.3. The largest absolute Gasteiger partial charge is 0.497 e. The first-order valence-electron chi connectivity index (χ1n) is 18.7. The van der Waals surface area contributed by atoms with Crippen molar-refractivity contribution in [2.75, 3.05) is 33.2 Å². The molecule has 4 aromatic rings. The molecule has 13 heteroatoms. The highest BCUT2D eigenvalue weighted by molar-refractivity contribution is 7.44. The summed E-state index contributed by atoms with van der Waals surface area (Å²) >= 11 is 0. The lowest BCUT2D eigenvalue weighted by Gasteiger charge is -2.43. The summed E-state index contributed by atoms with van der Waals surface area (Å²) in [4.78, 5) is 17.6. The summed E-state index contributed by atoms with van der Waals surface area (Å²) in [6.07, 6.45) is 2.56. The van der Waals surface area contributed by atoms with Crippen LogP contribution in [-0.2, 0) is 29.8 Å². The summed E-state index contributed by atoms with van der Waals surface area (Å²) in [5, 5.41) is 9.41. The number of anilines is 1. The van der Waals surface area contributed by atoms with Crippen LogP contribution >= 0.6 is 8.53 Å². The topological polar surface area (TPSA) is 143 Å². The molecule has 1 aliphatic heterocycles. The van der Waals surface area contributed by atoms with E-state index in [-0.39, 0.29) is 43.5 Å². The Labute approximate surface area is 325 Å². The standard InChI is InChI=1S/C42H52N5O7P/c1-29(2)47(30(3)4)55(52-27-11-25-43)53-38-36-22-24-41(38,54-40(36,5)46-26-23-37(44)45-39(46)48)28-51-42(31-12-9-8-10-13-31,32-14-18-34(49-6)19-15-32)33-16-20-35(50-7)21-17-33/h8-10,12-21,23,26,29-30,36,38H,11,22,24,27-28H2,1-7H3,(H2,44,45,48)/t36-,38+,40-,41-,55?/m1/s1. The lowest BCUT2D eigenvalue weighted by atomic mass is 9.79. The van der Waals surface area contributed by atoms with Crippen LogP contribution < -0.4 is 20.9 Å². The first-order chi connectivity index (χ1) is 26.4. The van der Waals surface area contributed by atoms with E-state index in [1.807, 2.05) is 73.7 Å². The minimum atomic E-state index is -1.68. The summed E-state index contributed by atoms with van der Waals surface area (Å²) in [7, 11) is 1.61. The molecule has 12 nitrogen and oxygen atoms in total. The van der Waals surface area contributed by atoms with E-state index >= 15 is 0 Å². The van der Waals surface area contributed by atoms with E-state index in [2.05, 4.69) is 55.6 Å². The molecule has 2 heterocycles. The van der Waals surface area contributed by atoms with Gasteiger partial charge in [0.2, 0.25) is 0 Å². The fraction of sp³-hybridized carbons (Fsp3) is 0.452.